The van der Waals surface area contributed by atoms with Gasteiger partial charge >= 0.3 is 12.1 Å². The van der Waals surface area contributed by atoms with Crippen molar-refractivity contribution in [2.45, 2.75) is 25.9 Å². The van der Waals surface area contributed by atoms with Crippen molar-refractivity contribution in [2.75, 3.05) is 19.0 Å². The molecule has 1 aromatic rings. The Bertz CT molecular complexity index is 444. The normalized spacial score (nSPS) is 11.2. The zero-order valence-corrected chi connectivity index (χ0v) is 10.8. The minimum Gasteiger partial charge on any atom is -0.469 e. The number of carbonyl (C=O) groups excluding carboxylic acids is 1. The predicted molar refractivity (Wildman–Crippen MR) is 65.9 cm³/mol. The van der Waals surface area contributed by atoms with Crippen LogP contribution in [0.2, 0.25) is 0 Å². The largest absolute Gasteiger partial charge is 0.469 e. The first-order valence-electron chi connectivity index (χ1n) is 5.83. The van der Waals surface area contributed by atoms with Gasteiger partial charge in [-0.05, 0) is 31.0 Å². The molecule has 0 heterocycles. The molecule has 1 aromatic carbocycles. The summed E-state index contributed by atoms with van der Waals surface area (Å²) in [4.78, 5) is 10.9. The van der Waals surface area contributed by atoms with Crippen LogP contribution in [0.4, 0.5) is 18.9 Å². The van der Waals surface area contributed by atoms with Gasteiger partial charge in [-0.25, -0.2) is 0 Å². The van der Waals surface area contributed by atoms with E-state index in [0.29, 0.717) is 18.7 Å². The van der Waals surface area contributed by atoms with E-state index in [4.69, 9.17) is 0 Å². The first-order valence-corrected chi connectivity index (χ1v) is 5.83. The molecule has 19 heavy (non-hydrogen) atoms. The van der Waals surface area contributed by atoms with Crippen LogP contribution in [0.15, 0.2) is 18.2 Å². The van der Waals surface area contributed by atoms with Gasteiger partial charge in [-0.2, -0.15) is 13.2 Å². The number of halogens is 3. The van der Waals surface area contributed by atoms with Crippen LogP contribution in [0.25, 0.3) is 0 Å². The van der Waals surface area contributed by atoms with Gasteiger partial charge in [0.15, 0.2) is 0 Å². The Morgan fingerprint density at radius 1 is 1.37 bits per heavy atom. The van der Waals surface area contributed by atoms with Gasteiger partial charge in [-0.15, -0.1) is 0 Å². The number of alkyl halides is 3. The lowest BCUT2D eigenvalue weighted by Gasteiger charge is -2.13. The predicted octanol–water partition coefficient (Wildman–Crippen LogP) is 3.38. The van der Waals surface area contributed by atoms with Crippen molar-refractivity contribution in [1.29, 1.82) is 0 Å². The number of rotatable bonds is 5. The van der Waals surface area contributed by atoms with Crippen molar-refractivity contribution < 1.29 is 22.7 Å². The van der Waals surface area contributed by atoms with Crippen molar-refractivity contribution in [3.05, 3.63) is 29.3 Å². The second-order valence-corrected chi connectivity index (χ2v) is 4.13. The topological polar surface area (TPSA) is 38.3 Å². The van der Waals surface area contributed by atoms with Gasteiger partial charge < -0.3 is 10.1 Å². The molecule has 106 valence electrons. The number of benzene rings is 1. The zero-order chi connectivity index (χ0) is 14.5. The Labute approximate surface area is 109 Å². The Balaban J connectivity index is 2.60. The number of nitrogens with one attached hydrogen (secondary N) is 1. The van der Waals surface area contributed by atoms with Crippen molar-refractivity contribution >= 4 is 11.7 Å². The van der Waals surface area contributed by atoms with E-state index in [1.165, 1.54) is 13.2 Å². The molecule has 0 radical (unpaired) electrons. The van der Waals surface area contributed by atoms with Crippen LogP contribution in [0, 0.1) is 6.92 Å². The number of ether oxygens (including phenoxy) is 1. The molecule has 1 N–H and O–H groups in total. The summed E-state index contributed by atoms with van der Waals surface area (Å²) in [5.41, 5.74) is 0.472. The second-order valence-electron chi connectivity index (χ2n) is 4.13. The van der Waals surface area contributed by atoms with Gasteiger partial charge in [0.05, 0.1) is 12.7 Å². The minimum absolute atomic E-state index is 0.238. The molecule has 0 amide bonds. The molecule has 3 nitrogen and oxygen atoms in total. The molecule has 0 saturated heterocycles. The van der Waals surface area contributed by atoms with E-state index in [1.807, 2.05) is 0 Å². The third-order valence-corrected chi connectivity index (χ3v) is 2.67. The highest BCUT2D eigenvalue weighted by atomic mass is 19.4. The number of anilines is 1. The lowest BCUT2D eigenvalue weighted by Crippen LogP contribution is -2.10. The lowest BCUT2D eigenvalue weighted by atomic mass is 10.1. The highest BCUT2D eigenvalue weighted by Gasteiger charge is 2.30. The number of esters is 1. The highest BCUT2D eigenvalue weighted by molar-refractivity contribution is 5.69. The Hall–Kier alpha value is -1.72. The summed E-state index contributed by atoms with van der Waals surface area (Å²) in [5, 5.41) is 2.90. The maximum absolute atomic E-state index is 12.6. The molecule has 0 fully saturated rings. The molecule has 0 aromatic heterocycles. The highest BCUT2D eigenvalue weighted by Crippen LogP contribution is 2.31. The van der Waals surface area contributed by atoms with E-state index in [9.17, 15) is 18.0 Å². The molecule has 0 atom stereocenters. The number of hydrogen-bond acceptors (Lipinski definition) is 3. The monoisotopic (exact) mass is 275 g/mol. The molecule has 6 heteroatoms. The van der Waals surface area contributed by atoms with E-state index in [2.05, 4.69) is 10.1 Å². The third kappa shape index (κ3) is 4.81. The maximum atomic E-state index is 12.6. The fourth-order valence-electron chi connectivity index (χ4n) is 1.55. The number of methoxy groups -OCH3 is 1. The molecular formula is C13H16F3NO2. The fourth-order valence-corrected chi connectivity index (χ4v) is 1.55. The first kappa shape index (κ1) is 15.3. The van der Waals surface area contributed by atoms with E-state index in [0.717, 1.165) is 17.7 Å². The summed E-state index contributed by atoms with van der Waals surface area (Å²) in [7, 11) is 1.30. The minimum atomic E-state index is -4.35. The average Bonchev–Trinajstić information content (AvgIpc) is 2.34. The van der Waals surface area contributed by atoms with Gasteiger partial charge in [0.1, 0.15) is 0 Å². The average molecular weight is 275 g/mol. The Morgan fingerprint density at radius 3 is 2.63 bits per heavy atom. The Kier molecular flexibility index (Phi) is 5.20. The van der Waals surface area contributed by atoms with Crippen molar-refractivity contribution in [1.82, 2.24) is 0 Å². The molecule has 0 aliphatic heterocycles. The standard InChI is InChI=1S/C13H16F3NO2/c1-9-5-6-10(13(14,15)16)8-11(9)17-7-3-4-12(18)19-2/h5-6,8,17H,3-4,7H2,1-2H3. The molecule has 0 bridgehead atoms. The number of hydrogen-bond donors (Lipinski definition) is 1. The van der Waals surface area contributed by atoms with Crippen molar-refractivity contribution in [3.63, 3.8) is 0 Å². The SMILES string of the molecule is COC(=O)CCCNc1cc(C(F)(F)F)ccc1C. The summed E-state index contributed by atoms with van der Waals surface area (Å²) >= 11 is 0. The van der Waals surface area contributed by atoms with Crippen molar-refractivity contribution in [2.24, 2.45) is 0 Å². The number of carbonyl (C=O) groups is 1. The van der Waals surface area contributed by atoms with Crippen LogP contribution < -0.4 is 5.32 Å². The van der Waals surface area contributed by atoms with E-state index in [-0.39, 0.29) is 12.4 Å². The van der Waals surface area contributed by atoms with Crippen LogP contribution in [0.5, 0.6) is 0 Å². The van der Waals surface area contributed by atoms with E-state index in [1.54, 1.807) is 6.92 Å². The first-order chi connectivity index (χ1) is 8.84. The molecule has 1 rings (SSSR count). The maximum Gasteiger partial charge on any atom is 0.416 e. The molecule has 0 spiro atoms. The van der Waals surface area contributed by atoms with E-state index < -0.39 is 11.7 Å². The summed E-state index contributed by atoms with van der Waals surface area (Å²) in [6.45, 7) is 2.14. The Morgan fingerprint density at radius 2 is 2.05 bits per heavy atom. The second kappa shape index (κ2) is 6.45. The fraction of sp³-hybridized carbons (Fsp3) is 0.462. The van der Waals surface area contributed by atoms with Crippen LogP contribution in [-0.2, 0) is 15.7 Å². The van der Waals surface area contributed by atoms with Crippen LogP contribution in [0.3, 0.4) is 0 Å². The van der Waals surface area contributed by atoms with Crippen LogP contribution in [0.1, 0.15) is 24.0 Å². The van der Waals surface area contributed by atoms with Gasteiger partial charge in [0.25, 0.3) is 0 Å². The van der Waals surface area contributed by atoms with Gasteiger partial charge in [-0.1, -0.05) is 6.07 Å². The molecule has 0 aliphatic rings. The summed E-state index contributed by atoms with van der Waals surface area (Å²) < 4.78 is 42.1. The smallest absolute Gasteiger partial charge is 0.416 e. The zero-order valence-electron chi connectivity index (χ0n) is 10.8. The van der Waals surface area contributed by atoms with Crippen molar-refractivity contribution in [3.8, 4) is 0 Å². The summed E-state index contributed by atoms with van der Waals surface area (Å²) in [5.74, 6) is -0.331. The number of aryl methyl sites for hydroxylation is 1. The van der Waals surface area contributed by atoms with E-state index >= 15 is 0 Å². The third-order valence-electron chi connectivity index (χ3n) is 2.67. The van der Waals surface area contributed by atoms with Gasteiger partial charge in [0, 0.05) is 18.7 Å². The van der Waals surface area contributed by atoms with Gasteiger partial charge in [0.2, 0.25) is 0 Å². The summed E-state index contributed by atoms with van der Waals surface area (Å²) in [6, 6.07) is 3.55. The molecular weight excluding hydrogens is 259 g/mol. The van der Waals surface area contributed by atoms with Gasteiger partial charge in [-0.3, -0.25) is 4.79 Å². The van der Waals surface area contributed by atoms with Crippen LogP contribution in [-0.4, -0.2) is 19.6 Å². The molecule has 0 unspecified atom stereocenters. The van der Waals surface area contributed by atoms with Crippen LogP contribution >= 0.6 is 0 Å². The molecule has 0 aliphatic carbocycles. The summed E-state index contributed by atoms with van der Waals surface area (Å²) in [6.07, 6.45) is -3.61. The molecule has 0 saturated carbocycles. The quantitative estimate of drug-likeness (QED) is 0.661. The lowest BCUT2D eigenvalue weighted by molar-refractivity contribution is -0.140.